The molecule has 1 aromatic heterocycles. The van der Waals surface area contributed by atoms with E-state index in [9.17, 15) is 0 Å². The van der Waals surface area contributed by atoms with Crippen LogP contribution in [0.1, 0.15) is 32.3 Å². The number of benzene rings is 1. The van der Waals surface area contributed by atoms with Crippen LogP contribution in [-0.2, 0) is 6.54 Å². The molecule has 2 heteroatoms. The van der Waals surface area contributed by atoms with Gasteiger partial charge in [0.15, 0.2) is 0 Å². The van der Waals surface area contributed by atoms with Crippen molar-refractivity contribution in [2.75, 3.05) is 6.54 Å². The molecule has 0 unspecified atom stereocenters. The smallest absolute Gasteiger partial charge is 0.0702 e. The highest BCUT2D eigenvalue weighted by molar-refractivity contribution is 5.78. The van der Waals surface area contributed by atoms with Crippen LogP contribution < -0.4 is 5.32 Å². The monoisotopic (exact) mass is 242 g/mol. The van der Waals surface area contributed by atoms with Crippen molar-refractivity contribution in [1.29, 1.82) is 0 Å². The van der Waals surface area contributed by atoms with E-state index in [1.807, 2.05) is 12.3 Å². The Labute approximate surface area is 109 Å². The molecule has 0 saturated carbocycles. The molecule has 1 N–H and O–H groups in total. The topological polar surface area (TPSA) is 24.9 Å². The van der Waals surface area contributed by atoms with E-state index in [1.54, 1.807) is 0 Å². The molecule has 0 radical (unpaired) electrons. The van der Waals surface area contributed by atoms with Crippen LogP contribution in [-0.4, -0.2) is 11.5 Å². The molecule has 0 fully saturated rings. The largest absolute Gasteiger partial charge is 0.312 e. The van der Waals surface area contributed by atoms with Gasteiger partial charge in [0.05, 0.1) is 5.52 Å². The van der Waals surface area contributed by atoms with E-state index in [2.05, 4.69) is 48.4 Å². The molecule has 1 aromatic carbocycles. The lowest BCUT2D eigenvalue weighted by atomic mass is 10.0. The Bertz CT molecular complexity index is 489. The molecule has 0 amide bonds. The molecule has 0 spiro atoms. The number of fused-ring (bicyclic) bond motifs is 1. The zero-order valence-electron chi connectivity index (χ0n) is 11.3. The number of pyridine rings is 1. The maximum absolute atomic E-state index is 4.34. The number of hydrogen-bond acceptors (Lipinski definition) is 2. The minimum absolute atomic E-state index is 0.798. The van der Waals surface area contributed by atoms with Crippen molar-refractivity contribution in [3.05, 3.63) is 42.1 Å². The molecule has 0 aliphatic heterocycles. The first-order valence-corrected chi connectivity index (χ1v) is 6.87. The first-order chi connectivity index (χ1) is 8.83. The lowest BCUT2D eigenvalue weighted by Crippen LogP contribution is -2.21. The Kier molecular flexibility index (Phi) is 4.71. The highest BCUT2D eigenvalue weighted by Crippen LogP contribution is 2.13. The summed E-state index contributed by atoms with van der Waals surface area (Å²) in [6.45, 7) is 6.58. The Balaban J connectivity index is 1.95. The molecule has 0 aliphatic rings. The minimum atomic E-state index is 0.798. The molecule has 0 atom stereocenters. The Morgan fingerprint density at radius 3 is 2.78 bits per heavy atom. The van der Waals surface area contributed by atoms with E-state index in [4.69, 9.17) is 0 Å². The highest BCUT2D eigenvalue weighted by atomic mass is 14.9. The van der Waals surface area contributed by atoms with E-state index in [1.165, 1.54) is 23.8 Å². The first-order valence-electron chi connectivity index (χ1n) is 6.87. The molecule has 2 rings (SSSR count). The van der Waals surface area contributed by atoms with E-state index in [0.717, 1.165) is 24.5 Å². The van der Waals surface area contributed by atoms with Crippen LogP contribution in [0.25, 0.3) is 10.9 Å². The maximum atomic E-state index is 4.34. The molecule has 0 bridgehead atoms. The molecule has 0 aliphatic carbocycles. The number of rotatable bonds is 6. The fourth-order valence-electron chi connectivity index (χ4n) is 2.23. The third-order valence-corrected chi connectivity index (χ3v) is 3.58. The molecule has 0 saturated heterocycles. The second kappa shape index (κ2) is 6.50. The average molecular weight is 242 g/mol. The molecule has 1 heterocycles. The van der Waals surface area contributed by atoms with Gasteiger partial charge in [-0.2, -0.15) is 0 Å². The predicted octanol–water partition coefficient (Wildman–Crippen LogP) is 3.76. The van der Waals surface area contributed by atoms with Crippen LogP contribution in [0.2, 0.25) is 0 Å². The number of aromatic nitrogens is 1. The van der Waals surface area contributed by atoms with Crippen LogP contribution in [0.5, 0.6) is 0 Å². The van der Waals surface area contributed by atoms with Crippen molar-refractivity contribution in [3.8, 4) is 0 Å². The summed E-state index contributed by atoms with van der Waals surface area (Å²) in [4.78, 5) is 4.34. The molecular formula is C16H22N2. The van der Waals surface area contributed by atoms with Crippen molar-refractivity contribution in [2.24, 2.45) is 5.92 Å². The van der Waals surface area contributed by atoms with Crippen molar-refractivity contribution < 1.29 is 0 Å². The summed E-state index contributed by atoms with van der Waals surface area (Å²) in [6.07, 6.45) is 4.35. The van der Waals surface area contributed by atoms with E-state index < -0.39 is 0 Å². The van der Waals surface area contributed by atoms with Crippen molar-refractivity contribution in [1.82, 2.24) is 10.3 Å². The quantitative estimate of drug-likeness (QED) is 0.834. The summed E-state index contributed by atoms with van der Waals surface area (Å²) >= 11 is 0. The van der Waals surface area contributed by atoms with Gasteiger partial charge in [-0.1, -0.05) is 38.8 Å². The summed E-state index contributed by atoms with van der Waals surface area (Å²) in [7, 11) is 0. The second-order valence-corrected chi connectivity index (χ2v) is 4.84. The standard InChI is InChI=1S/C16H22N2/c1-3-13(4-2)11-17-12-14-7-8-16-15(10-14)6-5-9-18-16/h5-10,13,17H,3-4,11-12H2,1-2H3. The Morgan fingerprint density at radius 2 is 2.00 bits per heavy atom. The lowest BCUT2D eigenvalue weighted by Gasteiger charge is -2.13. The van der Waals surface area contributed by atoms with Gasteiger partial charge < -0.3 is 5.32 Å². The summed E-state index contributed by atoms with van der Waals surface area (Å²) in [5, 5.41) is 4.77. The number of nitrogens with zero attached hydrogens (tertiary/aromatic N) is 1. The first kappa shape index (κ1) is 13.0. The van der Waals surface area contributed by atoms with Gasteiger partial charge in [0.1, 0.15) is 0 Å². The van der Waals surface area contributed by atoms with Gasteiger partial charge in [-0.3, -0.25) is 4.98 Å². The van der Waals surface area contributed by atoms with Gasteiger partial charge in [-0.15, -0.1) is 0 Å². The van der Waals surface area contributed by atoms with Gasteiger partial charge in [0.25, 0.3) is 0 Å². The molecule has 96 valence electrons. The Hall–Kier alpha value is -1.41. The highest BCUT2D eigenvalue weighted by Gasteiger charge is 2.02. The van der Waals surface area contributed by atoms with Crippen LogP contribution in [0, 0.1) is 5.92 Å². The number of nitrogens with one attached hydrogen (secondary N) is 1. The van der Waals surface area contributed by atoms with Crippen molar-refractivity contribution in [3.63, 3.8) is 0 Å². The van der Waals surface area contributed by atoms with Gasteiger partial charge in [-0.05, 0) is 36.2 Å². The summed E-state index contributed by atoms with van der Waals surface area (Å²) in [6, 6.07) is 10.6. The summed E-state index contributed by atoms with van der Waals surface area (Å²) in [5.41, 5.74) is 2.41. The Morgan fingerprint density at radius 1 is 1.17 bits per heavy atom. The molecular weight excluding hydrogens is 220 g/mol. The normalized spacial score (nSPS) is 11.3. The average Bonchev–Trinajstić information content (AvgIpc) is 2.43. The van der Waals surface area contributed by atoms with Gasteiger partial charge in [-0.25, -0.2) is 0 Å². The molecule has 18 heavy (non-hydrogen) atoms. The third kappa shape index (κ3) is 3.30. The van der Waals surface area contributed by atoms with E-state index in [-0.39, 0.29) is 0 Å². The zero-order valence-corrected chi connectivity index (χ0v) is 11.3. The fraction of sp³-hybridized carbons (Fsp3) is 0.438. The minimum Gasteiger partial charge on any atom is -0.312 e. The van der Waals surface area contributed by atoms with Crippen LogP contribution in [0.3, 0.4) is 0 Å². The van der Waals surface area contributed by atoms with Crippen molar-refractivity contribution >= 4 is 10.9 Å². The van der Waals surface area contributed by atoms with Gasteiger partial charge in [0, 0.05) is 18.1 Å². The summed E-state index contributed by atoms with van der Waals surface area (Å²) in [5.74, 6) is 0.798. The van der Waals surface area contributed by atoms with E-state index >= 15 is 0 Å². The zero-order chi connectivity index (χ0) is 12.8. The second-order valence-electron chi connectivity index (χ2n) is 4.84. The summed E-state index contributed by atoms with van der Waals surface area (Å²) < 4.78 is 0. The van der Waals surface area contributed by atoms with Crippen LogP contribution >= 0.6 is 0 Å². The molecule has 2 aromatic rings. The number of hydrogen-bond donors (Lipinski definition) is 1. The van der Waals surface area contributed by atoms with Crippen LogP contribution in [0.15, 0.2) is 36.5 Å². The molecule has 2 nitrogen and oxygen atoms in total. The van der Waals surface area contributed by atoms with E-state index in [0.29, 0.717) is 0 Å². The van der Waals surface area contributed by atoms with Gasteiger partial charge >= 0.3 is 0 Å². The maximum Gasteiger partial charge on any atom is 0.0702 e. The predicted molar refractivity (Wildman–Crippen MR) is 77.5 cm³/mol. The van der Waals surface area contributed by atoms with Gasteiger partial charge in [0.2, 0.25) is 0 Å². The van der Waals surface area contributed by atoms with Crippen molar-refractivity contribution in [2.45, 2.75) is 33.2 Å². The SMILES string of the molecule is CCC(CC)CNCc1ccc2ncccc2c1. The lowest BCUT2D eigenvalue weighted by molar-refractivity contribution is 0.449. The fourth-order valence-corrected chi connectivity index (χ4v) is 2.23. The third-order valence-electron chi connectivity index (χ3n) is 3.58. The van der Waals surface area contributed by atoms with Crippen LogP contribution in [0.4, 0.5) is 0 Å².